The Hall–Kier alpha value is -0.570. The zero-order chi connectivity index (χ0) is 13.7. The Balaban J connectivity index is 1.79. The molecule has 2 fully saturated rings. The van der Waals surface area contributed by atoms with Crippen LogP contribution in [0.25, 0.3) is 0 Å². The molecule has 1 aliphatic heterocycles. The minimum absolute atomic E-state index is 0.253. The molecule has 0 spiro atoms. The van der Waals surface area contributed by atoms with Crippen molar-refractivity contribution in [1.29, 1.82) is 0 Å². The van der Waals surface area contributed by atoms with Gasteiger partial charge in [0, 0.05) is 6.54 Å². The van der Waals surface area contributed by atoms with Crippen molar-refractivity contribution in [1.82, 2.24) is 10.6 Å². The van der Waals surface area contributed by atoms with E-state index in [1.807, 2.05) is 0 Å². The Morgan fingerprint density at radius 1 is 1.32 bits per heavy atom. The normalized spacial score (nSPS) is 35.3. The maximum absolute atomic E-state index is 12.5. The summed E-state index contributed by atoms with van der Waals surface area (Å²) in [6.45, 7) is 6.39. The van der Waals surface area contributed by atoms with Gasteiger partial charge in [-0.2, -0.15) is 0 Å². The topological polar surface area (TPSA) is 41.1 Å². The Labute approximate surface area is 117 Å². The highest BCUT2D eigenvalue weighted by molar-refractivity contribution is 5.86. The molecule has 3 nitrogen and oxygen atoms in total. The van der Waals surface area contributed by atoms with Crippen molar-refractivity contribution >= 4 is 5.91 Å². The monoisotopic (exact) mass is 266 g/mol. The summed E-state index contributed by atoms with van der Waals surface area (Å²) in [5, 5.41) is 6.69. The zero-order valence-electron chi connectivity index (χ0n) is 12.6. The molecule has 0 bridgehead atoms. The predicted molar refractivity (Wildman–Crippen MR) is 79.0 cm³/mol. The van der Waals surface area contributed by atoms with E-state index in [1.54, 1.807) is 0 Å². The molecule has 0 aromatic carbocycles. The lowest BCUT2D eigenvalue weighted by Crippen LogP contribution is -2.54. The lowest BCUT2D eigenvalue weighted by Gasteiger charge is -2.30. The van der Waals surface area contributed by atoms with Crippen molar-refractivity contribution < 1.29 is 4.79 Å². The summed E-state index contributed by atoms with van der Waals surface area (Å²) in [4.78, 5) is 12.5. The van der Waals surface area contributed by atoms with Crippen molar-refractivity contribution in [2.75, 3.05) is 13.1 Å². The van der Waals surface area contributed by atoms with Crippen LogP contribution in [-0.2, 0) is 4.79 Å². The Bertz CT molecular complexity index is 289. The molecule has 1 heterocycles. The van der Waals surface area contributed by atoms with E-state index in [4.69, 9.17) is 0 Å². The van der Waals surface area contributed by atoms with Crippen LogP contribution in [0.1, 0.15) is 65.2 Å². The van der Waals surface area contributed by atoms with Gasteiger partial charge in [0.05, 0.1) is 5.54 Å². The van der Waals surface area contributed by atoms with Crippen molar-refractivity contribution in [3.8, 4) is 0 Å². The van der Waals surface area contributed by atoms with Crippen LogP contribution in [0.15, 0.2) is 0 Å². The smallest absolute Gasteiger partial charge is 0.240 e. The predicted octanol–water partition coefficient (Wildman–Crippen LogP) is 2.85. The molecule has 1 unspecified atom stereocenters. The molecule has 3 heteroatoms. The second-order valence-electron chi connectivity index (χ2n) is 6.70. The number of carbonyl (C=O) groups is 1. The Kier molecular flexibility index (Phi) is 5.26. The highest BCUT2D eigenvalue weighted by atomic mass is 16.2. The summed E-state index contributed by atoms with van der Waals surface area (Å²) in [6, 6.07) is 0. The van der Waals surface area contributed by atoms with E-state index >= 15 is 0 Å². The highest BCUT2D eigenvalue weighted by Crippen LogP contribution is 2.28. The van der Waals surface area contributed by atoms with E-state index in [1.165, 1.54) is 25.7 Å². The van der Waals surface area contributed by atoms with Gasteiger partial charge < -0.3 is 10.6 Å². The van der Waals surface area contributed by atoms with E-state index in [0.717, 1.165) is 44.7 Å². The molecular weight excluding hydrogens is 236 g/mol. The minimum atomic E-state index is -0.253. The van der Waals surface area contributed by atoms with Gasteiger partial charge in [0.25, 0.3) is 0 Å². The van der Waals surface area contributed by atoms with Crippen LogP contribution >= 0.6 is 0 Å². The molecule has 2 rings (SSSR count). The second-order valence-corrected chi connectivity index (χ2v) is 6.70. The molecule has 1 saturated carbocycles. The van der Waals surface area contributed by atoms with Gasteiger partial charge in [-0.15, -0.1) is 0 Å². The SMILES string of the molecule is CCCC1(C(=O)NCC2CCC(C)CC2)CCCN1. The van der Waals surface area contributed by atoms with Crippen LogP contribution in [0.2, 0.25) is 0 Å². The number of carbonyl (C=O) groups excluding carboxylic acids is 1. The number of amides is 1. The molecule has 1 atom stereocenters. The lowest BCUT2D eigenvalue weighted by atomic mass is 9.83. The molecule has 19 heavy (non-hydrogen) atoms. The fraction of sp³-hybridized carbons (Fsp3) is 0.938. The van der Waals surface area contributed by atoms with Gasteiger partial charge in [-0.3, -0.25) is 4.79 Å². The molecule has 0 aromatic heterocycles. The van der Waals surface area contributed by atoms with E-state index in [-0.39, 0.29) is 11.4 Å². The summed E-state index contributed by atoms with van der Waals surface area (Å²) in [6.07, 6.45) is 9.42. The van der Waals surface area contributed by atoms with Crippen LogP contribution in [0.3, 0.4) is 0 Å². The van der Waals surface area contributed by atoms with Crippen LogP contribution in [-0.4, -0.2) is 24.5 Å². The van der Waals surface area contributed by atoms with Crippen LogP contribution in [0.4, 0.5) is 0 Å². The molecule has 110 valence electrons. The van der Waals surface area contributed by atoms with Gasteiger partial charge in [0.1, 0.15) is 0 Å². The third-order valence-corrected chi connectivity index (χ3v) is 5.04. The first-order chi connectivity index (χ1) is 9.16. The Morgan fingerprint density at radius 3 is 2.63 bits per heavy atom. The molecule has 0 radical (unpaired) electrons. The molecular formula is C16H30N2O. The third-order valence-electron chi connectivity index (χ3n) is 5.04. The van der Waals surface area contributed by atoms with Crippen molar-refractivity contribution in [2.24, 2.45) is 11.8 Å². The molecule has 1 amide bonds. The summed E-state index contributed by atoms with van der Waals surface area (Å²) in [5.41, 5.74) is -0.253. The molecule has 1 saturated heterocycles. The largest absolute Gasteiger partial charge is 0.354 e. The zero-order valence-corrected chi connectivity index (χ0v) is 12.6. The lowest BCUT2D eigenvalue weighted by molar-refractivity contribution is -0.127. The average molecular weight is 266 g/mol. The first-order valence-electron chi connectivity index (χ1n) is 8.19. The number of nitrogens with one attached hydrogen (secondary N) is 2. The van der Waals surface area contributed by atoms with Gasteiger partial charge in [0.2, 0.25) is 5.91 Å². The molecule has 0 aromatic rings. The maximum atomic E-state index is 12.5. The fourth-order valence-corrected chi connectivity index (χ4v) is 3.69. The number of hydrogen-bond donors (Lipinski definition) is 2. The standard InChI is InChI=1S/C16H30N2O/c1-3-9-16(10-4-11-18-16)15(19)17-12-14-7-5-13(2)6-8-14/h13-14,18H,3-12H2,1-2H3,(H,17,19). The maximum Gasteiger partial charge on any atom is 0.240 e. The third kappa shape index (κ3) is 3.71. The second kappa shape index (κ2) is 6.74. The van der Waals surface area contributed by atoms with Gasteiger partial charge >= 0.3 is 0 Å². The average Bonchev–Trinajstić information content (AvgIpc) is 2.88. The number of hydrogen-bond acceptors (Lipinski definition) is 2. The quantitative estimate of drug-likeness (QED) is 0.803. The first kappa shape index (κ1) is 14.8. The molecule has 2 aliphatic rings. The van der Waals surface area contributed by atoms with E-state index in [9.17, 15) is 4.79 Å². The van der Waals surface area contributed by atoms with Crippen LogP contribution in [0.5, 0.6) is 0 Å². The first-order valence-corrected chi connectivity index (χ1v) is 8.19. The summed E-state index contributed by atoms with van der Waals surface area (Å²) >= 11 is 0. The minimum Gasteiger partial charge on any atom is -0.354 e. The number of rotatable bonds is 5. The van der Waals surface area contributed by atoms with Gasteiger partial charge in [0.15, 0.2) is 0 Å². The van der Waals surface area contributed by atoms with E-state index < -0.39 is 0 Å². The van der Waals surface area contributed by atoms with Crippen molar-refractivity contribution in [2.45, 2.75) is 70.8 Å². The molecule has 1 aliphatic carbocycles. The van der Waals surface area contributed by atoms with E-state index in [0.29, 0.717) is 5.92 Å². The highest BCUT2D eigenvalue weighted by Gasteiger charge is 2.39. The van der Waals surface area contributed by atoms with Crippen molar-refractivity contribution in [3.63, 3.8) is 0 Å². The van der Waals surface area contributed by atoms with Gasteiger partial charge in [-0.1, -0.05) is 33.1 Å². The van der Waals surface area contributed by atoms with Gasteiger partial charge in [-0.25, -0.2) is 0 Å². The Morgan fingerprint density at radius 2 is 2.05 bits per heavy atom. The fourth-order valence-electron chi connectivity index (χ4n) is 3.69. The summed E-state index contributed by atoms with van der Waals surface area (Å²) < 4.78 is 0. The summed E-state index contributed by atoms with van der Waals surface area (Å²) in [5.74, 6) is 1.85. The van der Waals surface area contributed by atoms with Crippen molar-refractivity contribution in [3.05, 3.63) is 0 Å². The summed E-state index contributed by atoms with van der Waals surface area (Å²) in [7, 11) is 0. The van der Waals surface area contributed by atoms with Crippen LogP contribution < -0.4 is 10.6 Å². The molecule has 2 N–H and O–H groups in total. The van der Waals surface area contributed by atoms with Gasteiger partial charge in [-0.05, 0) is 50.5 Å². The van der Waals surface area contributed by atoms with Crippen LogP contribution in [0, 0.1) is 11.8 Å². The van der Waals surface area contributed by atoms with E-state index in [2.05, 4.69) is 24.5 Å².